The van der Waals surface area contributed by atoms with Crippen molar-refractivity contribution in [3.8, 4) is 0 Å². The SMILES string of the molecule is CCOC(=O)C1=CC2[C@H](c3ccccc3)[C@@H](c3ccc(C)cc3)C[C@@]2(C(=O)OC)O1. The Morgan fingerprint density at radius 2 is 1.77 bits per heavy atom. The summed E-state index contributed by atoms with van der Waals surface area (Å²) in [6.45, 7) is 4.03. The highest BCUT2D eigenvalue weighted by Crippen LogP contribution is 2.60. The van der Waals surface area contributed by atoms with Crippen LogP contribution in [0, 0.1) is 12.8 Å². The first kappa shape index (κ1) is 20.2. The van der Waals surface area contributed by atoms with Crippen molar-refractivity contribution in [1.29, 1.82) is 0 Å². The Labute approximate surface area is 176 Å². The third-order valence-electron chi connectivity index (χ3n) is 6.20. The molecule has 0 amide bonds. The molecule has 1 unspecified atom stereocenters. The van der Waals surface area contributed by atoms with Gasteiger partial charge in [-0.2, -0.15) is 0 Å². The molecule has 2 aromatic carbocycles. The van der Waals surface area contributed by atoms with E-state index < -0.39 is 17.5 Å². The van der Waals surface area contributed by atoms with Gasteiger partial charge in [-0.15, -0.1) is 0 Å². The number of fused-ring (bicyclic) bond motifs is 1. The van der Waals surface area contributed by atoms with Gasteiger partial charge in [0.05, 0.1) is 13.7 Å². The summed E-state index contributed by atoms with van der Waals surface area (Å²) in [5.74, 6) is -1.25. The second kappa shape index (κ2) is 7.98. The third kappa shape index (κ3) is 3.28. The first-order valence-corrected chi connectivity index (χ1v) is 10.3. The molecular formula is C25H26O5. The average Bonchev–Trinajstić information content (AvgIpc) is 3.29. The van der Waals surface area contributed by atoms with Crippen LogP contribution in [0.3, 0.4) is 0 Å². The lowest BCUT2D eigenvalue weighted by Gasteiger charge is -2.27. The second-order valence-corrected chi connectivity index (χ2v) is 7.92. The lowest BCUT2D eigenvalue weighted by Crippen LogP contribution is -2.43. The summed E-state index contributed by atoms with van der Waals surface area (Å²) in [5, 5.41) is 0. The normalized spacial score (nSPS) is 27.0. The predicted octanol–water partition coefficient (Wildman–Crippen LogP) is 4.27. The molecule has 0 spiro atoms. The molecule has 1 heterocycles. The largest absolute Gasteiger partial charge is 0.468 e. The Morgan fingerprint density at radius 3 is 2.40 bits per heavy atom. The van der Waals surface area contributed by atoms with E-state index in [0.717, 1.165) is 11.1 Å². The van der Waals surface area contributed by atoms with Crippen LogP contribution < -0.4 is 0 Å². The topological polar surface area (TPSA) is 61.8 Å². The van der Waals surface area contributed by atoms with Gasteiger partial charge in [0.1, 0.15) is 0 Å². The zero-order valence-electron chi connectivity index (χ0n) is 17.5. The number of hydrogen-bond acceptors (Lipinski definition) is 5. The Balaban J connectivity index is 1.83. The molecule has 2 aliphatic rings. The van der Waals surface area contributed by atoms with E-state index in [1.165, 1.54) is 12.7 Å². The van der Waals surface area contributed by atoms with Gasteiger partial charge in [-0.05, 0) is 37.0 Å². The minimum absolute atomic E-state index is 0.0390. The smallest absolute Gasteiger partial charge is 0.373 e. The number of methoxy groups -OCH3 is 1. The van der Waals surface area contributed by atoms with Crippen molar-refractivity contribution in [2.24, 2.45) is 5.92 Å². The molecule has 1 aliphatic carbocycles. The van der Waals surface area contributed by atoms with Crippen LogP contribution in [0.25, 0.3) is 0 Å². The van der Waals surface area contributed by atoms with Crippen LogP contribution in [-0.4, -0.2) is 31.3 Å². The number of aryl methyl sites for hydroxylation is 1. The van der Waals surface area contributed by atoms with Gasteiger partial charge in [-0.25, -0.2) is 9.59 Å². The van der Waals surface area contributed by atoms with Crippen molar-refractivity contribution in [2.45, 2.75) is 37.7 Å². The molecule has 1 fully saturated rings. The maximum absolute atomic E-state index is 13.0. The highest BCUT2D eigenvalue weighted by atomic mass is 16.6. The van der Waals surface area contributed by atoms with E-state index in [1.54, 1.807) is 13.0 Å². The van der Waals surface area contributed by atoms with Gasteiger partial charge in [-0.3, -0.25) is 0 Å². The summed E-state index contributed by atoms with van der Waals surface area (Å²) in [7, 11) is 1.36. The van der Waals surface area contributed by atoms with Crippen LogP contribution in [0.5, 0.6) is 0 Å². The van der Waals surface area contributed by atoms with Crippen molar-refractivity contribution >= 4 is 11.9 Å². The first-order valence-electron chi connectivity index (χ1n) is 10.3. The molecule has 156 valence electrons. The van der Waals surface area contributed by atoms with Crippen LogP contribution in [0.1, 0.15) is 41.9 Å². The molecule has 4 atom stereocenters. The zero-order valence-corrected chi connectivity index (χ0v) is 17.5. The highest BCUT2D eigenvalue weighted by Gasteiger charge is 2.64. The van der Waals surface area contributed by atoms with Crippen LogP contribution in [0.2, 0.25) is 0 Å². The number of ether oxygens (including phenoxy) is 3. The van der Waals surface area contributed by atoms with Crippen molar-refractivity contribution in [1.82, 2.24) is 0 Å². The summed E-state index contributed by atoms with van der Waals surface area (Å²) in [6.07, 6.45) is 2.19. The third-order valence-corrected chi connectivity index (χ3v) is 6.20. The predicted molar refractivity (Wildman–Crippen MR) is 112 cm³/mol. The molecule has 5 nitrogen and oxygen atoms in total. The van der Waals surface area contributed by atoms with Gasteiger partial charge in [0, 0.05) is 18.3 Å². The van der Waals surface area contributed by atoms with Gasteiger partial charge < -0.3 is 14.2 Å². The van der Waals surface area contributed by atoms with Gasteiger partial charge in [0.25, 0.3) is 0 Å². The Morgan fingerprint density at radius 1 is 1.07 bits per heavy atom. The van der Waals surface area contributed by atoms with Crippen LogP contribution in [-0.2, 0) is 23.8 Å². The van der Waals surface area contributed by atoms with Crippen molar-refractivity contribution in [3.63, 3.8) is 0 Å². The van der Waals surface area contributed by atoms with E-state index in [4.69, 9.17) is 14.2 Å². The summed E-state index contributed by atoms with van der Waals surface area (Å²) in [6, 6.07) is 18.5. The van der Waals surface area contributed by atoms with Crippen LogP contribution in [0.4, 0.5) is 0 Å². The van der Waals surface area contributed by atoms with Crippen molar-refractivity contribution in [2.75, 3.05) is 13.7 Å². The van der Waals surface area contributed by atoms with Crippen LogP contribution in [0.15, 0.2) is 66.4 Å². The molecule has 4 rings (SSSR count). The Hall–Kier alpha value is -3.08. The lowest BCUT2D eigenvalue weighted by molar-refractivity contribution is -0.167. The van der Waals surface area contributed by atoms with Crippen molar-refractivity contribution < 1.29 is 23.8 Å². The van der Waals surface area contributed by atoms with Crippen LogP contribution >= 0.6 is 0 Å². The first-order chi connectivity index (χ1) is 14.5. The van der Waals surface area contributed by atoms with E-state index >= 15 is 0 Å². The molecule has 0 saturated heterocycles. The number of benzene rings is 2. The number of esters is 2. The van der Waals surface area contributed by atoms with E-state index in [2.05, 4.69) is 43.3 Å². The van der Waals surface area contributed by atoms with Gasteiger partial charge in [0.2, 0.25) is 11.4 Å². The molecule has 0 N–H and O–H groups in total. The van der Waals surface area contributed by atoms with Gasteiger partial charge in [0.15, 0.2) is 0 Å². The zero-order chi connectivity index (χ0) is 21.3. The molecule has 0 aromatic heterocycles. The van der Waals surface area contributed by atoms with E-state index in [1.807, 2.05) is 18.2 Å². The Bertz CT molecular complexity index is 963. The quantitative estimate of drug-likeness (QED) is 0.694. The van der Waals surface area contributed by atoms with E-state index in [-0.39, 0.29) is 30.1 Å². The molecule has 0 radical (unpaired) electrons. The average molecular weight is 406 g/mol. The fourth-order valence-corrected chi connectivity index (χ4v) is 4.87. The number of carbonyl (C=O) groups is 2. The summed E-state index contributed by atoms with van der Waals surface area (Å²) >= 11 is 0. The standard InChI is InChI=1S/C25H26O5/c1-4-29-23(26)21-14-20-22(18-8-6-5-7-9-18)19(17-12-10-16(2)11-13-17)15-25(20,30-21)24(27)28-3/h5-14,19-20,22H,4,15H2,1-3H3/t19-,20?,22-,25-/m1/s1. The summed E-state index contributed by atoms with van der Waals surface area (Å²) in [5.41, 5.74) is 2.18. The van der Waals surface area contributed by atoms with Gasteiger partial charge in [-0.1, -0.05) is 60.2 Å². The molecule has 2 aromatic rings. The van der Waals surface area contributed by atoms with E-state index in [9.17, 15) is 9.59 Å². The van der Waals surface area contributed by atoms with Gasteiger partial charge >= 0.3 is 11.9 Å². The minimum atomic E-state index is -1.24. The molecular weight excluding hydrogens is 380 g/mol. The maximum Gasteiger partial charge on any atom is 0.373 e. The molecule has 30 heavy (non-hydrogen) atoms. The molecule has 1 saturated carbocycles. The fourth-order valence-electron chi connectivity index (χ4n) is 4.87. The molecule has 5 heteroatoms. The summed E-state index contributed by atoms with van der Waals surface area (Å²) < 4.78 is 16.4. The number of rotatable bonds is 5. The monoisotopic (exact) mass is 406 g/mol. The summed E-state index contributed by atoms with van der Waals surface area (Å²) in [4.78, 5) is 25.4. The minimum Gasteiger partial charge on any atom is -0.468 e. The lowest BCUT2D eigenvalue weighted by atomic mass is 9.78. The number of hydrogen-bond donors (Lipinski definition) is 0. The molecule has 0 bridgehead atoms. The maximum atomic E-state index is 13.0. The second-order valence-electron chi connectivity index (χ2n) is 7.92. The van der Waals surface area contributed by atoms with Crippen molar-refractivity contribution in [3.05, 3.63) is 83.1 Å². The fraction of sp³-hybridized carbons (Fsp3) is 0.360. The highest BCUT2D eigenvalue weighted by molar-refractivity contribution is 5.91. The Kier molecular flexibility index (Phi) is 5.37. The number of carbonyl (C=O) groups excluding carboxylic acids is 2. The molecule has 1 aliphatic heterocycles. The van der Waals surface area contributed by atoms with E-state index in [0.29, 0.717) is 6.42 Å².